The monoisotopic (exact) mass is 386 g/mol. The Kier molecular flexibility index (Phi) is 7.51. The molecule has 0 spiro atoms. The van der Waals surface area contributed by atoms with Gasteiger partial charge in [0.15, 0.2) is 0 Å². The van der Waals surface area contributed by atoms with Gasteiger partial charge in [-0.05, 0) is 24.3 Å². The highest BCUT2D eigenvalue weighted by molar-refractivity contribution is 5.90. The summed E-state index contributed by atoms with van der Waals surface area (Å²) in [5.41, 5.74) is 1.25. The quantitative estimate of drug-likeness (QED) is 0.414. The highest BCUT2D eigenvalue weighted by atomic mass is 79.9. The fourth-order valence-electron chi connectivity index (χ4n) is 3.18. The van der Waals surface area contributed by atoms with Crippen LogP contribution in [-0.2, 0) is 6.54 Å². The highest BCUT2D eigenvalue weighted by Gasteiger charge is 2.09. The lowest BCUT2D eigenvalue weighted by atomic mass is 10.1. The Morgan fingerprint density at radius 3 is 2.50 bits per heavy atom. The van der Waals surface area contributed by atoms with Crippen molar-refractivity contribution in [3.8, 4) is 5.69 Å². The van der Waals surface area contributed by atoms with Crippen LogP contribution >= 0.6 is 0 Å². The highest BCUT2D eigenvalue weighted by Crippen LogP contribution is 2.21. The number of rotatable bonds is 8. The summed E-state index contributed by atoms with van der Waals surface area (Å²) < 4.78 is 4.54. The maximum atomic E-state index is 2.31. The van der Waals surface area contributed by atoms with Crippen molar-refractivity contribution in [2.45, 2.75) is 52.0 Å². The molecule has 2 nitrogen and oxygen atoms in total. The molecule has 0 radical (unpaired) electrons. The Morgan fingerprint density at radius 1 is 0.875 bits per heavy atom. The van der Waals surface area contributed by atoms with Crippen LogP contribution in [0.2, 0.25) is 0 Å². The van der Waals surface area contributed by atoms with Crippen LogP contribution in [-0.4, -0.2) is 4.57 Å². The van der Waals surface area contributed by atoms with E-state index in [2.05, 4.69) is 77.2 Å². The van der Waals surface area contributed by atoms with E-state index in [1.54, 1.807) is 0 Å². The first-order chi connectivity index (χ1) is 11.4. The molecule has 1 aromatic heterocycles. The number of aromatic nitrogens is 2. The molecule has 1 heterocycles. The number of nitrogens with zero attached hydrogens (tertiary/aromatic N) is 2. The van der Waals surface area contributed by atoms with Crippen molar-refractivity contribution in [1.82, 2.24) is 4.57 Å². The van der Waals surface area contributed by atoms with Gasteiger partial charge in [0.05, 0.1) is 6.54 Å². The van der Waals surface area contributed by atoms with Gasteiger partial charge >= 0.3 is 0 Å². The third-order valence-electron chi connectivity index (χ3n) is 4.51. The number of fused-ring (bicyclic) bond motifs is 1. The SMILES string of the molecule is CCCCCCCC[n+]1ccn(-c2cccc3ccccc23)c1.[Br-]. The predicted molar refractivity (Wildman–Crippen MR) is 96.8 cm³/mol. The summed E-state index contributed by atoms with van der Waals surface area (Å²) >= 11 is 0. The van der Waals surface area contributed by atoms with Crippen LogP contribution < -0.4 is 21.5 Å². The Hall–Kier alpha value is -1.61. The minimum absolute atomic E-state index is 0. The van der Waals surface area contributed by atoms with Crippen molar-refractivity contribution in [3.05, 3.63) is 61.2 Å². The molecule has 0 saturated carbocycles. The van der Waals surface area contributed by atoms with Gasteiger partial charge in [0, 0.05) is 5.39 Å². The standard InChI is InChI=1S/C21H27N2.BrH/c1-2-3-4-5-6-9-15-22-16-17-23(18-22)21-14-10-12-19-11-7-8-13-20(19)21;/h7-8,10-14,16-18H,2-6,9,15H2,1H3;1H/q+1;/p-1. The first-order valence-corrected chi connectivity index (χ1v) is 8.93. The predicted octanol–water partition coefficient (Wildman–Crippen LogP) is 2.28. The van der Waals surface area contributed by atoms with Gasteiger partial charge in [0.1, 0.15) is 18.1 Å². The Morgan fingerprint density at radius 2 is 1.62 bits per heavy atom. The fourth-order valence-corrected chi connectivity index (χ4v) is 3.18. The molecule has 0 fully saturated rings. The molecule has 0 aliphatic heterocycles. The van der Waals surface area contributed by atoms with E-state index in [0.717, 1.165) is 6.54 Å². The van der Waals surface area contributed by atoms with Gasteiger partial charge < -0.3 is 17.0 Å². The molecular weight excluding hydrogens is 360 g/mol. The second kappa shape index (κ2) is 9.63. The lowest BCUT2D eigenvalue weighted by Gasteiger charge is -2.02. The molecule has 24 heavy (non-hydrogen) atoms. The molecule has 128 valence electrons. The van der Waals surface area contributed by atoms with Crippen molar-refractivity contribution in [3.63, 3.8) is 0 Å². The van der Waals surface area contributed by atoms with E-state index in [0.29, 0.717) is 0 Å². The van der Waals surface area contributed by atoms with Crippen molar-refractivity contribution in [1.29, 1.82) is 0 Å². The number of imidazole rings is 1. The van der Waals surface area contributed by atoms with E-state index < -0.39 is 0 Å². The molecule has 0 atom stereocenters. The maximum Gasteiger partial charge on any atom is 0.248 e. The average Bonchev–Trinajstić information content (AvgIpc) is 3.06. The van der Waals surface area contributed by atoms with E-state index in [1.165, 1.54) is 55.0 Å². The van der Waals surface area contributed by atoms with E-state index in [1.807, 2.05) is 0 Å². The molecule has 3 aromatic rings. The number of aryl methyl sites for hydroxylation is 1. The molecule has 0 N–H and O–H groups in total. The van der Waals surface area contributed by atoms with Gasteiger partial charge in [-0.25, -0.2) is 9.13 Å². The number of benzene rings is 2. The van der Waals surface area contributed by atoms with Crippen LogP contribution in [0, 0.1) is 0 Å². The Labute approximate surface area is 155 Å². The van der Waals surface area contributed by atoms with Gasteiger partial charge in [-0.1, -0.05) is 69.0 Å². The molecule has 0 saturated heterocycles. The zero-order valence-electron chi connectivity index (χ0n) is 14.5. The van der Waals surface area contributed by atoms with Crippen molar-refractivity contribution >= 4 is 10.8 Å². The van der Waals surface area contributed by atoms with Crippen LogP contribution in [0.1, 0.15) is 45.4 Å². The molecule has 3 rings (SSSR count). The van der Waals surface area contributed by atoms with Gasteiger partial charge in [-0.3, -0.25) is 0 Å². The Bertz CT molecular complexity index is 743. The summed E-state index contributed by atoms with van der Waals surface area (Å²) in [6.45, 7) is 3.38. The molecule has 0 aliphatic carbocycles. The summed E-state index contributed by atoms with van der Waals surface area (Å²) in [6, 6.07) is 15.1. The molecule has 0 bridgehead atoms. The van der Waals surface area contributed by atoms with Crippen molar-refractivity contribution in [2.24, 2.45) is 0 Å². The van der Waals surface area contributed by atoms with Crippen LogP contribution in [0.25, 0.3) is 16.5 Å². The molecular formula is C21H27BrN2. The molecule has 0 amide bonds. The number of hydrogen-bond acceptors (Lipinski definition) is 0. The number of hydrogen-bond donors (Lipinski definition) is 0. The van der Waals surface area contributed by atoms with Crippen LogP contribution in [0.4, 0.5) is 0 Å². The summed E-state index contributed by atoms with van der Waals surface area (Å²) in [5.74, 6) is 0. The van der Waals surface area contributed by atoms with Crippen LogP contribution in [0.3, 0.4) is 0 Å². The maximum absolute atomic E-state index is 2.31. The van der Waals surface area contributed by atoms with Gasteiger partial charge in [-0.15, -0.1) is 0 Å². The number of halogens is 1. The zero-order valence-corrected chi connectivity index (χ0v) is 16.1. The molecule has 0 aliphatic rings. The third-order valence-corrected chi connectivity index (χ3v) is 4.51. The normalized spacial score (nSPS) is 10.7. The van der Waals surface area contributed by atoms with Crippen LogP contribution in [0.5, 0.6) is 0 Å². The van der Waals surface area contributed by atoms with Crippen molar-refractivity contribution < 1.29 is 21.5 Å². The van der Waals surface area contributed by atoms with Crippen LogP contribution in [0.15, 0.2) is 61.2 Å². The van der Waals surface area contributed by atoms with E-state index in [4.69, 9.17) is 0 Å². The van der Waals surface area contributed by atoms with Gasteiger partial charge in [0.25, 0.3) is 0 Å². The molecule has 3 heteroatoms. The smallest absolute Gasteiger partial charge is 0.248 e. The first kappa shape index (κ1) is 18.7. The number of unbranched alkanes of at least 4 members (excludes halogenated alkanes) is 5. The van der Waals surface area contributed by atoms with Gasteiger partial charge in [-0.2, -0.15) is 0 Å². The lowest BCUT2D eigenvalue weighted by molar-refractivity contribution is -0.696. The van der Waals surface area contributed by atoms with E-state index >= 15 is 0 Å². The summed E-state index contributed by atoms with van der Waals surface area (Å²) in [5, 5.41) is 2.60. The first-order valence-electron chi connectivity index (χ1n) is 8.93. The molecule has 2 aromatic carbocycles. The fraction of sp³-hybridized carbons (Fsp3) is 0.381. The third kappa shape index (κ3) is 4.70. The average molecular weight is 387 g/mol. The zero-order chi connectivity index (χ0) is 15.9. The van der Waals surface area contributed by atoms with Crippen molar-refractivity contribution in [2.75, 3.05) is 0 Å². The summed E-state index contributed by atoms with van der Waals surface area (Å²) in [7, 11) is 0. The summed E-state index contributed by atoms with van der Waals surface area (Å²) in [6.07, 6.45) is 14.6. The minimum atomic E-state index is 0. The minimum Gasteiger partial charge on any atom is -1.00 e. The van der Waals surface area contributed by atoms with Gasteiger partial charge in [0.2, 0.25) is 6.33 Å². The van der Waals surface area contributed by atoms with E-state index in [-0.39, 0.29) is 17.0 Å². The Balaban J connectivity index is 0.00000208. The second-order valence-electron chi connectivity index (χ2n) is 6.32. The second-order valence-corrected chi connectivity index (χ2v) is 6.32. The summed E-state index contributed by atoms with van der Waals surface area (Å²) in [4.78, 5) is 0. The lowest BCUT2D eigenvalue weighted by Crippen LogP contribution is -3.00. The topological polar surface area (TPSA) is 8.81 Å². The largest absolute Gasteiger partial charge is 1.00 e. The molecule has 0 unspecified atom stereocenters. The van der Waals surface area contributed by atoms with E-state index in [9.17, 15) is 0 Å².